The van der Waals surface area contributed by atoms with E-state index in [1.807, 2.05) is 55.8 Å². The van der Waals surface area contributed by atoms with Gasteiger partial charge in [-0.3, -0.25) is 14.6 Å². The van der Waals surface area contributed by atoms with Crippen molar-refractivity contribution < 1.29 is 33.4 Å². The molecule has 326 valence electrons. The van der Waals surface area contributed by atoms with Crippen molar-refractivity contribution >= 4 is 35.4 Å². The van der Waals surface area contributed by atoms with E-state index in [1.54, 1.807) is 0 Å². The molecule has 3 aromatic carbocycles. The lowest BCUT2D eigenvalue weighted by Gasteiger charge is -2.35. The largest absolute Gasteiger partial charge is 0.457 e. The van der Waals surface area contributed by atoms with E-state index < -0.39 is 24.3 Å². The van der Waals surface area contributed by atoms with E-state index in [-0.39, 0.29) is 41.1 Å². The first-order valence-corrected chi connectivity index (χ1v) is 21.7. The lowest BCUT2D eigenvalue weighted by atomic mass is 9.75. The SMILES string of the molecule is COC(=O)N[C@H](C(=O)N1CCC[C@H]1C1=Nc2ccc(-c3ccc4c(c3)Oc3ccc(-c5cnc([C@@H]6CCCN6C(=O)[C@@H](NC(=O)OC)C(C)C)[nH]5)cc3C4(C)C)cc2C1)C(C)C. The van der Waals surface area contributed by atoms with E-state index >= 15 is 0 Å². The van der Waals surface area contributed by atoms with Gasteiger partial charge in [-0.25, -0.2) is 14.6 Å². The number of amides is 4. The summed E-state index contributed by atoms with van der Waals surface area (Å²) in [7, 11) is 2.60. The van der Waals surface area contributed by atoms with Gasteiger partial charge in [-0.05, 0) is 90.6 Å². The number of imidazole rings is 1. The highest BCUT2D eigenvalue weighted by Crippen LogP contribution is 2.50. The highest BCUT2D eigenvalue weighted by Gasteiger charge is 2.40. The van der Waals surface area contributed by atoms with Gasteiger partial charge in [0.05, 0.1) is 43.9 Å². The molecule has 2 fully saturated rings. The third-order valence-electron chi connectivity index (χ3n) is 13.0. The van der Waals surface area contributed by atoms with Crippen LogP contribution in [0.4, 0.5) is 15.3 Å². The number of aromatic nitrogens is 2. The zero-order valence-electron chi connectivity index (χ0n) is 36.8. The van der Waals surface area contributed by atoms with Gasteiger partial charge in [-0.2, -0.15) is 0 Å². The predicted molar refractivity (Wildman–Crippen MR) is 236 cm³/mol. The summed E-state index contributed by atoms with van der Waals surface area (Å²) < 4.78 is 16.2. The summed E-state index contributed by atoms with van der Waals surface area (Å²) in [6.07, 6.45) is 4.55. The van der Waals surface area contributed by atoms with Crippen molar-refractivity contribution in [2.45, 2.75) is 103 Å². The highest BCUT2D eigenvalue weighted by atomic mass is 16.5. The van der Waals surface area contributed by atoms with Crippen LogP contribution >= 0.6 is 0 Å². The second-order valence-corrected chi connectivity index (χ2v) is 18.0. The van der Waals surface area contributed by atoms with Crippen LogP contribution in [0.3, 0.4) is 0 Å². The molecule has 0 saturated carbocycles. The van der Waals surface area contributed by atoms with E-state index in [0.29, 0.717) is 25.3 Å². The van der Waals surface area contributed by atoms with Crippen LogP contribution in [0.1, 0.15) is 95.8 Å². The number of rotatable bonds is 10. The topological polar surface area (TPSA) is 168 Å². The Bertz CT molecular complexity index is 2440. The van der Waals surface area contributed by atoms with Crippen LogP contribution < -0.4 is 15.4 Å². The Labute approximate surface area is 362 Å². The molecule has 3 N–H and O–H groups in total. The minimum atomic E-state index is -0.702. The molecule has 4 aromatic rings. The third kappa shape index (κ3) is 7.91. The van der Waals surface area contributed by atoms with Crippen molar-refractivity contribution in [2.24, 2.45) is 16.8 Å². The molecule has 1 aromatic heterocycles. The van der Waals surface area contributed by atoms with Crippen LogP contribution in [0.15, 0.2) is 65.8 Å². The summed E-state index contributed by atoms with van der Waals surface area (Å²) in [6, 6.07) is 17.2. The minimum Gasteiger partial charge on any atom is -0.457 e. The van der Waals surface area contributed by atoms with Gasteiger partial charge in [0.1, 0.15) is 29.4 Å². The fraction of sp³-hybridized carbons (Fsp3) is 0.458. The molecule has 14 nitrogen and oxygen atoms in total. The van der Waals surface area contributed by atoms with Crippen molar-refractivity contribution in [3.63, 3.8) is 0 Å². The van der Waals surface area contributed by atoms with Crippen LogP contribution in [-0.2, 0) is 30.9 Å². The number of carbonyl (C=O) groups is 4. The number of hydrogen-bond donors (Lipinski definition) is 3. The number of alkyl carbamates (subject to hydrolysis) is 2. The molecule has 4 aliphatic heterocycles. The fourth-order valence-electron chi connectivity index (χ4n) is 9.54. The first-order valence-electron chi connectivity index (χ1n) is 21.7. The van der Waals surface area contributed by atoms with E-state index in [9.17, 15) is 19.2 Å². The molecular formula is C48H57N7O7. The van der Waals surface area contributed by atoms with E-state index in [0.717, 1.165) is 87.7 Å². The third-order valence-corrected chi connectivity index (χ3v) is 13.0. The number of fused-ring (bicyclic) bond motifs is 3. The Morgan fingerprint density at radius 3 is 2.00 bits per heavy atom. The number of nitrogens with zero attached hydrogens (tertiary/aromatic N) is 4. The Morgan fingerprint density at radius 2 is 1.35 bits per heavy atom. The fourth-order valence-corrected chi connectivity index (χ4v) is 9.54. The van der Waals surface area contributed by atoms with Gasteiger partial charge in [-0.1, -0.05) is 59.7 Å². The van der Waals surface area contributed by atoms with Gasteiger partial charge >= 0.3 is 12.2 Å². The van der Waals surface area contributed by atoms with Gasteiger partial charge < -0.3 is 39.6 Å². The standard InChI is InChI=1S/C48H57N7O7/c1-26(2)41(52-46(58)60-7)44(56)54-19-9-11-37(54)35-23-31-21-28(14-17-34(31)50-35)29-13-16-32-40(24-29)62-39-18-15-30(22-33(39)48(32,5)6)36-25-49-43(51-36)38-12-10-20-55(38)45(57)42(27(3)4)53-47(59)61-8/h13-18,21-22,24-27,37-38,41-42H,9-12,19-20,23H2,1-8H3,(H,49,51)(H,52,58)(H,53,59)/t37-,38-,41-,42-/m0/s1. The molecule has 0 radical (unpaired) electrons. The lowest BCUT2D eigenvalue weighted by molar-refractivity contribution is -0.135. The number of hydrogen-bond acceptors (Lipinski definition) is 9. The number of nitrogens with one attached hydrogen (secondary N) is 3. The molecule has 62 heavy (non-hydrogen) atoms. The molecule has 0 aliphatic carbocycles. The van der Waals surface area contributed by atoms with Crippen molar-refractivity contribution in [3.8, 4) is 33.9 Å². The number of likely N-dealkylation sites (tertiary alicyclic amines) is 2. The normalized spacial score (nSPS) is 19.5. The maximum atomic E-state index is 13.7. The van der Waals surface area contributed by atoms with Crippen LogP contribution in [-0.4, -0.2) is 94.9 Å². The summed E-state index contributed by atoms with van der Waals surface area (Å²) in [4.78, 5) is 68.5. The number of benzene rings is 3. The van der Waals surface area contributed by atoms with Crippen LogP contribution in [0, 0.1) is 11.8 Å². The van der Waals surface area contributed by atoms with Crippen molar-refractivity contribution in [3.05, 3.63) is 83.3 Å². The smallest absolute Gasteiger partial charge is 0.407 e. The van der Waals surface area contributed by atoms with E-state index in [4.69, 9.17) is 24.2 Å². The van der Waals surface area contributed by atoms with Gasteiger partial charge in [0.2, 0.25) is 11.8 Å². The molecule has 2 saturated heterocycles. The van der Waals surface area contributed by atoms with Crippen molar-refractivity contribution in [1.29, 1.82) is 0 Å². The summed E-state index contributed by atoms with van der Waals surface area (Å²) in [6.45, 7) is 13.3. The molecule has 8 rings (SSSR count). The zero-order valence-corrected chi connectivity index (χ0v) is 36.8. The second-order valence-electron chi connectivity index (χ2n) is 18.0. The first kappa shape index (κ1) is 42.5. The Balaban J connectivity index is 0.972. The molecule has 4 amide bonds. The average Bonchev–Trinajstić information content (AvgIpc) is 4.10. The van der Waals surface area contributed by atoms with Gasteiger partial charge in [0.25, 0.3) is 0 Å². The first-order chi connectivity index (χ1) is 29.7. The summed E-state index contributed by atoms with van der Waals surface area (Å²) in [5.41, 5.74) is 8.67. The summed E-state index contributed by atoms with van der Waals surface area (Å²) in [5.74, 6) is 1.85. The molecule has 0 spiro atoms. The van der Waals surface area contributed by atoms with Crippen LogP contribution in [0.25, 0.3) is 22.4 Å². The lowest BCUT2D eigenvalue weighted by Crippen LogP contribution is -2.53. The molecule has 4 atom stereocenters. The molecule has 4 aliphatic rings. The zero-order chi connectivity index (χ0) is 44.0. The van der Waals surface area contributed by atoms with Gasteiger partial charge in [0, 0.05) is 47.3 Å². The van der Waals surface area contributed by atoms with Crippen molar-refractivity contribution in [1.82, 2.24) is 30.4 Å². The van der Waals surface area contributed by atoms with Crippen LogP contribution in [0.2, 0.25) is 0 Å². The molecule has 0 unspecified atom stereocenters. The number of carbonyl (C=O) groups excluding carboxylic acids is 4. The van der Waals surface area contributed by atoms with Gasteiger partial charge in [-0.15, -0.1) is 0 Å². The van der Waals surface area contributed by atoms with Crippen molar-refractivity contribution in [2.75, 3.05) is 27.3 Å². The minimum absolute atomic E-state index is 0.0979. The van der Waals surface area contributed by atoms with E-state index in [2.05, 4.69) is 71.9 Å². The molecular weight excluding hydrogens is 787 g/mol. The number of aliphatic imine (C=N–C) groups is 1. The Hall–Kier alpha value is -6.18. The molecule has 14 heteroatoms. The Kier molecular flexibility index (Phi) is 11.6. The number of ether oxygens (including phenoxy) is 3. The molecule has 0 bridgehead atoms. The number of methoxy groups -OCH3 is 2. The maximum absolute atomic E-state index is 13.7. The Morgan fingerprint density at radius 1 is 0.758 bits per heavy atom. The highest BCUT2D eigenvalue weighted by molar-refractivity contribution is 6.01. The molecule has 5 heterocycles. The quantitative estimate of drug-likeness (QED) is 0.144. The number of aromatic amines is 1. The van der Waals surface area contributed by atoms with Gasteiger partial charge in [0.15, 0.2) is 0 Å². The predicted octanol–water partition coefficient (Wildman–Crippen LogP) is 8.22. The van der Waals surface area contributed by atoms with E-state index in [1.165, 1.54) is 14.2 Å². The maximum Gasteiger partial charge on any atom is 0.407 e. The summed E-state index contributed by atoms with van der Waals surface area (Å²) in [5, 5.41) is 5.45. The second kappa shape index (κ2) is 16.9. The number of H-pyrrole nitrogens is 1. The summed E-state index contributed by atoms with van der Waals surface area (Å²) >= 11 is 0. The average molecular weight is 844 g/mol. The monoisotopic (exact) mass is 843 g/mol. The van der Waals surface area contributed by atoms with Crippen LogP contribution in [0.5, 0.6) is 11.5 Å².